The monoisotopic (exact) mass is 343 g/mol. The first kappa shape index (κ1) is 17.9. The van der Waals surface area contributed by atoms with Crippen molar-refractivity contribution in [2.45, 2.75) is 38.4 Å². The van der Waals surface area contributed by atoms with E-state index in [1.165, 1.54) is 0 Å². The smallest absolute Gasteiger partial charge is 0.205 e. The van der Waals surface area contributed by atoms with Crippen LogP contribution in [-0.2, 0) is 11.3 Å². The predicted molar refractivity (Wildman–Crippen MR) is 95.2 cm³/mol. The third-order valence-electron chi connectivity index (χ3n) is 4.34. The van der Waals surface area contributed by atoms with Gasteiger partial charge in [0.1, 0.15) is 5.75 Å². The molecule has 0 fully saturated rings. The molecule has 2 aromatic rings. The highest BCUT2D eigenvalue weighted by Crippen LogP contribution is 2.32. The molecular formula is C20H25NO4. The topological polar surface area (TPSA) is 71.0 Å². The van der Waals surface area contributed by atoms with Gasteiger partial charge in [0.05, 0.1) is 25.4 Å². The van der Waals surface area contributed by atoms with E-state index in [0.29, 0.717) is 13.2 Å². The predicted octanol–water partition coefficient (Wildman–Crippen LogP) is 2.69. The molecule has 1 aliphatic heterocycles. The summed E-state index contributed by atoms with van der Waals surface area (Å²) < 4.78 is 11.4. The van der Waals surface area contributed by atoms with Crippen LogP contribution in [0.5, 0.6) is 5.75 Å². The van der Waals surface area contributed by atoms with Crippen molar-refractivity contribution in [3.05, 3.63) is 65.2 Å². The normalized spacial score (nSPS) is 18.1. The Bertz CT molecular complexity index is 702. The number of rotatable bonds is 6. The highest BCUT2D eigenvalue weighted by atomic mass is 16.7. The molecule has 1 aliphatic rings. The Hall–Kier alpha value is -1.92. The standard InChI is InChI=1S/C20H25NO4/c1-20(2)24-13-16-10-15(8-9-19(16)25-20)18(23)11-21-17(12-22)14-6-4-3-5-7-14/h3-10,17-18,21-23H,11-13H2,1-2H3. The Morgan fingerprint density at radius 1 is 1.12 bits per heavy atom. The number of ether oxygens (including phenoxy) is 2. The van der Waals surface area contributed by atoms with Gasteiger partial charge in [0, 0.05) is 26.0 Å². The number of fused-ring (bicyclic) bond motifs is 1. The van der Waals surface area contributed by atoms with Crippen molar-refractivity contribution < 1.29 is 19.7 Å². The first-order valence-electron chi connectivity index (χ1n) is 8.51. The van der Waals surface area contributed by atoms with E-state index in [2.05, 4.69) is 5.32 Å². The molecule has 0 spiro atoms. The summed E-state index contributed by atoms with van der Waals surface area (Å²) >= 11 is 0. The van der Waals surface area contributed by atoms with Crippen LogP contribution in [0.3, 0.4) is 0 Å². The largest absolute Gasteiger partial charge is 0.463 e. The Kier molecular flexibility index (Phi) is 5.39. The fourth-order valence-electron chi connectivity index (χ4n) is 2.91. The van der Waals surface area contributed by atoms with Crippen molar-refractivity contribution in [3.8, 4) is 5.75 Å². The molecule has 2 unspecified atom stereocenters. The number of aliphatic hydroxyl groups is 2. The maximum Gasteiger partial charge on any atom is 0.205 e. The maximum atomic E-state index is 10.5. The molecule has 0 radical (unpaired) electrons. The molecule has 134 valence electrons. The van der Waals surface area contributed by atoms with Gasteiger partial charge in [-0.1, -0.05) is 36.4 Å². The minimum absolute atomic E-state index is 0.0301. The summed E-state index contributed by atoms with van der Waals surface area (Å²) in [6.45, 7) is 4.52. The zero-order valence-electron chi connectivity index (χ0n) is 14.6. The van der Waals surface area contributed by atoms with Gasteiger partial charge in [-0.2, -0.15) is 0 Å². The van der Waals surface area contributed by atoms with Crippen LogP contribution in [-0.4, -0.2) is 29.2 Å². The molecule has 0 saturated carbocycles. The minimum Gasteiger partial charge on any atom is -0.463 e. The van der Waals surface area contributed by atoms with Crippen LogP contribution in [0.25, 0.3) is 0 Å². The van der Waals surface area contributed by atoms with Gasteiger partial charge in [-0.15, -0.1) is 0 Å². The van der Waals surface area contributed by atoms with E-state index < -0.39 is 11.9 Å². The van der Waals surface area contributed by atoms with Crippen LogP contribution in [0.2, 0.25) is 0 Å². The fraction of sp³-hybridized carbons (Fsp3) is 0.400. The summed E-state index contributed by atoms with van der Waals surface area (Å²) in [5.74, 6) is 0.163. The quantitative estimate of drug-likeness (QED) is 0.752. The second kappa shape index (κ2) is 7.54. The van der Waals surface area contributed by atoms with Gasteiger partial charge in [-0.05, 0) is 23.3 Å². The van der Waals surface area contributed by atoms with E-state index in [-0.39, 0.29) is 12.6 Å². The lowest BCUT2D eigenvalue weighted by Crippen LogP contribution is -2.35. The molecule has 5 heteroatoms. The van der Waals surface area contributed by atoms with Gasteiger partial charge in [0.2, 0.25) is 5.79 Å². The summed E-state index contributed by atoms with van der Waals surface area (Å²) in [6, 6.07) is 15.1. The molecule has 0 aromatic heterocycles. The molecule has 0 aliphatic carbocycles. The van der Waals surface area contributed by atoms with Gasteiger partial charge in [0.15, 0.2) is 0 Å². The van der Waals surface area contributed by atoms with Crippen LogP contribution in [0.1, 0.15) is 42.7 Å². The van der Waals surface area contributed by atoms with E-state index in [1.807, 2.05) is 62.4 Å². The molecule has 0 bridgehead atoms. The highest BCUT2D eigenvalue weighted by molar-refractivity contribution is 5.39. The molecule has 2 atom stereocenters. The van der Waals surface area contributed by atoms with E-state index in [0.717, 1.165) is 22.4 Å². The summed E-state index contributed by atoms with van der Waals surface area (Å²) in [5.41, 5.74) is 2.72. The molecular weight excluding hydrogens is 318 g/mol. The second-order valence-electron chi connectivity index (χ2n) is 6.73. The molecule has 2 aromatic carbocycles. The highest BCUT2D eigenvalue weighted by Gasteiger charge is 2.27. The molecule has 5 nitrogen and oxygen atoms in total. The van der Waals surface area contributed by atoms with E-state index in [4.69, 9.17) is 9.47 Å². The van der Waals surface area contributed by atoms with Crippen LogP contribution in [0.15, 0.2) is 48.5 Å². The first-order valence-corrected chi connectivity index (χ1v) is 8.51. The summed E-state index contributed by atoms with van der Waals surface area (Å²) in [5, 5.41) is 23.3. The lowest BCUT2D eigenvalue weighted by Gasteiger charge is -2.33. The van der Waals surface area contributed by atoms with E-state index >= 15 is 0 Å². The SMILES string of the molecule is CC1(C)OCc2cc(C(O)CNC(CO)c3ccccc3)ccc2O1. The number of aliphatic hydroxyl groups excluding tert-OH is 2. The lowest BCUT2D eigenvalue weighted by molar-refractivity contribution is -0.180. The average molecular weight is 343 g/mol. The molecule has 3 N–H and O–H groups in total. The minimum atomic E-state index is -0.682. The molecule has 0 saturated heterocycles. The maximum absolute atomic E-state index is 10.5. The van der Waals surface area contributed by atoms with Gasteiger partial charge in [0.25, 0.3) is 0 Å². The number of nitrogens with one attached hydrogen (secondary N) is 1. The number of benzene rings is 2. The number of hydrogen-bond acceptors (Lipinski definition) is 5. The van der Waals surface area contributed by atoms with Crippen molar-refractivity contribution in [1.29, 1.82) is 0 Å². The van der Waals surface area contributed by atoms with Crippen molar-refractivity contribution in [2.24, 2.45) is 0 Å². The van der Waals surface area contributed by atoms with Crippen molar-refractivity contribution >= 4 is 0 Å². The summed E-state index contributed by atoms with van der Waals surface area (Å²) in [6.07, 6.45) is -0.682. The zero-order chi connectivity index (χ0) is 17.9. The van der Waals surface area contributed by atoms with Gasteiger partial charge in [-0.3, -0.25) is 0 Å². The third kappa shape index (κ3) is 4.38. The third-order valence-corrected chi connectivity index (χ3v) is 4.34. The molecule has 25 heavy (non-hydrogen) atoms. The van der Waals surface area contributed by atoms with Crippen LogP contribution >= 0.6 is 0 Å². The molecule has 1 heterocycles. The van der Waals surface area contributed by atoms with Crippen molar-refractivity contribution in [2.75, 3.05) is 13.2 Å². The van der Waals surface area contributed by atoms with Gasteiger partial charge in [-0.25, -0.2) is 0 Å². The van der Waals surface area contributed by atoms with Crippen LogP contribution in [0.4, 0.5) is 0 Å². The zero-order valence-corrected chi connectivity index (χ0v) is 14.6. The van der Waals surface area contributed by atoms with E-state index in [1.54, 1.807) is 0 Å². The van der Waals surface area contributed by atoms with Gasteiger partial charge < -0.3 is 25.0 Å². The van der Waals surface area contributed by atoms with Crippen molar-refractivity contribution in [1.82, 2.24) is 5.32 Å². The van der Waals surface area contributed by atoms with E-state index in [9.17, 15) is 10.2 Å². The molecule has 0 amide bonds. The van der Waals surface area contributed by atoms with Gasteiger partial charge >= 0.3 is 0 Å². The molecule has 3 rings (SSSR count). The van der Waals surface area contributed by atoms with Crippen LogP contribution in [0, 0.1) is 0 Å². The summed E-state index contributed by atoms with van der Waals surface area (Å²) in [7, 11) is 0. The lowest BCUT2D eigenvalue weighted by atomic mass is 10.0. The fourth-order valence-corrected chi connectivity index (χ4v) is 2.91. The summed E-state index contributed by atoms with van der Waals surface area (Å²) in [4.78, 5) is 0. The van der Waals surface area contributed by atoms with Crippen LogP contribution < -0.4 is 10.1 Å². The Balaban J connectivity index is 1.64. The Morgan fingerprint density at radius 3 is 2.60 bits per heavy atom. The first-order chi connectivity index (χ1) is 12.0. The number of hydrogen-bond donors (Lipinski definition) is 3. The Morgan fingerprint density at radius 2 is 1.88 bits per heavy atom. The Labute approximate surface area is 148 Å². The second-order valence-corrected chi connectivity index (χ2v) is 6.73. The van der Waals surface area contributed by atoms with Crippen molar-refractivity contribution in [3.63, 3.8) is 0 Å². The average Bonchev–Trinajstić information content (AvgIpc) is 2.62.